The molecule has 0 unspecified atom stereocenters. The van der Waals surface area contributed by atoms with Crippen LogP contribution in [0.2, 0.25) is 0 Å². The second-order valence-corrected chi connectivity index (χ2v) is 2.68. The van der Waals surface area contributed by atoms with E-state index in [0.29, 0.717) is 6.54 Å². The van der Waals surface area contributed by atoms with Gasteiger partial charge in [-0.3, -0.25) is 0 Å². The first-order valence-corrected chi connectivity index (χ1v) is 3.91. The molecule has 2 N–H and O–H groups in total. The Balaban J connectivity index is 3.12. The number of hydrogen-bond acceptors (Lipinski definition) is 2. The van der Waals surface area contributed by atoms with E-state index in [-0.39, 0.29) is 0 Å². The minimum Gasteiger partial charge on any atom is -0.334 e. The second-order valence-electron chi connectivity index (χ2n) is 2.68. The second kappa shape index (κ2) is 3.05. The number of hydrogen-bond donors (Lipinski definition) is 1. The van der Waals surface area contributed by atoms with Crippen molar-refractivity contribution in [3.8, 4) is 0 Å². The number of aromatic nitrogens is 2. The predicted octanol–water partition coefficient (Wildman–Crippen LogP) is 0.750. The van der Waals surface area contributed by atoms with Crippen molar-refractivity contribution in [1.82, 2.24) is 9.55 Å². The quantitative estimate of drug-likeness (QED) is 0.681. The van der Waals surface area contributed by atoms with E-state index in [1.807, 2.05) is 7.05 Å². The average Bonchev–Trinajstić information content (AvgIpc) is 2.30. The maximum atomic E-state index is 5.50. The van der Waals surface area contributed by atoms with Gasteiger partial charge in [0.2, 0.25) is 0 Å². The van der Waals surface area contributed by atoms with E-state index >= 15 is 0 Å². The highest BCUT2D eigenvalue weighted by Gasteiger charge is 2.06. The Morgan fingerprint density at radius 2 is 2.18 bits per heavy atom. The lowest BCUT2D eigenvalue weighted by molar-refractivity contribution is 0.774. The number of nitrogens with two attached hydrogens (primary N) is 1. The van der Waals surface area contributed by atoms with Gasteiger partial charge in [0.1, 0.15) is 5.82 Å². The molecule has 0 fully saturated rings. The summed E-state index contributed by atoms with van der Waals surface area (Å²) >= 11 is 0. The van der Waals surface area contributed by atoms with Crippen LogP contribution in [0.25, 0.3) is 0 Å². The van der Waals surface area contributed by atoms with E-state index in [4.69, 9.17) is 5.73 Å². The van der Waals surface area contributed by atoms with Crippen LogP contribution in [0.5, 0.6) is 0 Å². The van der Waals surface area contributed by atoms with Crippen molar-refractivity contribution in [3.05, 3.63) is 17.2 Å². The van der Waals surface area contributed by atoms with Gasteiger partial charge in [-0.25, -0.2) is 4.98 Å². The number of aryl methyl sites for hydroxylation is 1. The van der Waals surface area contributed by atoms with Gasteiger partial charge < -0.3 is 10.3 Å². The summed E-state index contributed by atoms with van der Waals surface area (Å²) in [6, 6.07) is 0. The molecule has 1 aromatic rings. The monoisotopic (exact) mass is 153 g/mol. The molecular formula is C8H15N3. The summed E-state index contributed by atoms with van der Waals surface area (Å²) in [7, 11) is 2.00. The van der Waals surface area contributed by atoms with Gasteiger partial charge in [-0.1, -0.05) is 6.92 Å². The van der Waals surface area contributed by atoms with Crippen molar-refractivity contribution >= 4 is 0 Å². The zero-order valence-corrected chi connectivity index (χ0v) is 7.39. The Kier molecular flexibility index (Phi) is 2.29. The number of rotatable bonds is 2. The Bertz CT molecular complexity index is 226. The molecule has 0 aliphatic heterocycles. The number of imidazole rings is 1. The molecule has 3 nitrogen and oxygen atoms in total. The highest BCUT2D eigenvalue weighted by molar-refractivity contribution is 5.15. The third kappa shape index (κ3) is 1.28. The lowest BCUT2D eigenvalue weighted by Crippen LogP contribution is -2.05. The molecule has 0 amide bonds. The normalized spacial score (nSPS) is 10.5. The van der Waals surface area contributed by atoms with Crippen molar-refractivity contribution in [2.45, 2.75) is 26.8 Å². The molecule has 0 atom stereocenters. The molecule has 1 rings (SSSR count). The minimum atomic E-state index is 0.525. The van der Waals surface area contributed by atoms with Crippen molar-refractivity contribution in [2.24, 2.45) is 12.8 Å². The fourth-order valence-electron chi connectivity index (χ4n) is 1.22. The van der Waals surface area contributed by atoms with Crippen LogP contribution < -0.4 is 5.73 Å². The summed E-state index contributed by atoms with van der Waals surface area (Å²) < 4.78 is 2.05. The fraction of sp³-hybridized carbons (Fsp3) is 0.625. The maximum absolute atomic E-state index is 5.50. The summed E-state index contributed by atoms with van der Waals surface area (Å²) in [4.78, 5) is 4.38. The predicted molar refractivity (Wildman–Crippen MR) is 45.2 cm³/mol. The highest BCUT2D eigenvalue weighted by atomic mass is 15.1. The first kappa shape index (κ1) is 8.27. The van der Waals surface area contributed by atoms with Crippen LogP contribution in [0.15, 0.2) is 0 Å². The lowest BCUT2D eigenvalue weighted by Gasteiger charge is -1.98. The smallest absolute Gasteiger partial charge is 0.122 e. The summed E-state index contributed by atoms with van der Waals surface area (Å²) in [6.07, 6.45) is 0.986. The van der Waals surface area contributed by atoms with Gasteiger partial charge in [0.25, 0.3) is 0 Å². The van der Waals surface area contributed by atoms with Gasteiger partial charge in [-0.05, 0) is 13.3 Å². The molecule has 0 saturated carbocycles. The molecule has 0 aromatic carbocycles. The van der Waals surface area contributed by atoms with E-state index < -0.39 is 0 Å². The summed E-state index contributed by atoms with van der Waals surface area (Å²) in [5.74, 6) is 0.972. The topological polar surface area (TPSA) is 43.8 Å². The average molecular weight is 153 g/mol. The SMILES string of the molecule is CCc1nc(CN)n(C)c1C. The standard InChI is InChI=1S/C8H15N3/c1-4-7-6(2)11(3)8(5-9)10-7/h4-5,9H2,1-3H3. The molecule has 0 radical (unpaired) electrons. The van der Waals surface area contributed by atoms with Gasteiger partial charge in [-0.15, -0.1) is 0 Å². The Hall–Kier alpha value is -0.830. The van der Waals surface area contributed by atoms with Crippen LogP contribution in [0.1, 0.15) is 24.1 Å². The van der Waals surface area contributed by atoms with Gasteiger partial charge in [0, 0.05) is 12.7 Å². The van der Waals surface area contributed by atoms with Crippen molar-refractivity contribution in [2.75, 3.05) is 0 Å². The van der Waals surface area contributed by atoms with Crippen molar-refractivity contribution < 1.29 is 0 Å². The highest BCUT2D eigenvalue weighted by Crippen LogP contribution is 2.08. The molecule has 1 heterocycles. The van der Waals surface area contributed by atoms with E-state index in [0.717, 1.165) is 17.9 Å². The largest absolute Gasteiger partial charge is 0.334 e. The summed E-state index contributed by atoms with van der Waals surface area (Å²) in [5.41, 5.74) is 7.89. The van der Waals surface area contributed by atoms with Gasteiger partial charge in [-0.2, -0.15) is 0 Å². The first-order chi connectivity index (χ1) is 5.20. The minimum absolute atomic E-state index is 0.525. The Morgan fingerprint density at radius 3 is 2.45 bits per heavy atom. The Morgan fingerprint density at radius 1 is 1.55 bits per heavy atom. The van der Waals surface area contributed by atoms with Crippen molar-refractivity contribution in [1.29, 1.82) is 0 Å². The van der Waals surface area contributed by atoms with Crippen molar-refractivity contribution in [3.63, 3.8) is 0 Å². The molecule has 62 valence electrons. The maximum Gasteiger partial charge on any atom is 0.122 e. The van der Waals surface area contributed by atoms with Crippen LogP contribution in [0.4, 0.5) is 0 Å². The summed E-state index contributed by atoms with van der Waals surface area (Å²) in [5, 5.41) is 0. The third-order valence-electron chi connectivity index (χ3n) is 2.09. The van der Waals surface area contributed by atoms with Gasteiger partial charge in [0.15, 0.2) is 0 Å². The third-order valence-corrected chi connectivity index (χ3v) is 2.09. The van der Waals surface area contributed by atoms with E-state index in [2.05, 4.69) is 23.4 Å². The van der Waals surface area contributed by atoms with Gasteiger partial charge in [0.05, 0.1) is 12.2 Å². The molecular weight excluding hydrogens is 138 g/mol. The van der Waals surface area contributed by atoms with Crippen LogP contribution in [0, 0.1) is 6.92 Å². The molecule has 11 heavy (non-hydrogen) atoms. The van der Waals surface area contributed by atoms with E-state index in [9.17, 15) is 0 Å². The van der Waals surface area contributed by atoms with Gasteiger partial charge >= 0.3 is 0 Å². The van der Waals surface area contributed by atoms with Crippen LogP contribution in [0.3, 0.4) is 0 Å². The van der Waals surface area contributed by atoms with E-state index in [1.54, 1.807) is 0 Å². The molecule has 0 saturated heterocycles. The Labute approximate surface area is 67.2 Å². The van der Waals surface area contributed by atoms with E-state index in [1.165, 1.54) is 5.69 Å². The molecule has 0 aliphatic rings. The molecule has 0 aliphatic carbocycles. The zero-order valence-electron chi connectivity index (χ0n) is 7.39. The molecule has 3 heteroatoms. The lowest BCUT2D eigenvalue weighted by atomic mass is 10.3. The van der Waals surface area contributed by atoms with Crippen LogP contribution >= 0.6 is 0 Å². The molecule has 0 bridgehead atoms. The fourth-order valence-corrected chi connectivity index (χ4v) is 1.22. The molecule has 0 spiro atoms. The molecule has 1 aromatic heterocycles. The van der Waals surface area contributed by atoms with Crippen LogP contribution in [-0.2, 0) is 20.0 Å². The zero-order chi connectivity index (χ0) is 8.43. The van der Waals surface area contributed by atoms with Crippen LogP contribution in [-0.4, -0.2) is 9.55 Å². The first-order valence-electron chi connectivity index (χ1n) is 3.91. The number of nitrogens with zero attached hydrogens (tertiary/aromatic N) is 2. The summed E-state index contributed by atoms with van der Waals surface area (Å²) in [6.45, 7) is 4.71.